The van der Waals surface area contributed by atoms with Crippen LogP contribution in [0.5, 0.6) is 0 Å². The van der Waals surface area contributed by atoms with Crippen LogP contribution in [-0.2, 0) is 9.53 Å². The van der Waals surface area contributed by atoms with E-state index in [4.69, 9.17) is 4.74 Å². The second kappa shape index (κ2) is 3.20. The molecule has 0 fully saturated rings. The van der Waals surface area contributed by atoms with E-state index in [2.05, 4.69) is 10.3 Å². The molecular formula is C9H12N2O2. The lowest BCUT2D eigenvalue weighted by Gasteiger charge is -2.17. The van der Waals surface area contributed by atoms with Gasteiger partial charge in [-0.1, -0.05) is 0 Å². The molecule has 1 atom stereocenters. The van der Waals surface area contributed by atoms with E-state index in [0.29, 0.717) is 6.67 Å². The first-order chi connectivity index (χ1) is 6.27. The van der Waals surface area contributed by atoms with E-state index in [9.17, 15) is 4.79 Å². The van der Waals surface area contributed by atoms with Crippen LogP contribution in [0, 0.1) is 0 Å². The van der Waals surface area contributed by atoms with Crippen molar-refractivity contribution in [2.45, 2.75) is 25.9 Å². The molecule has 0 aromatic carbocycles. The predicted octanol–water partition coefficient (Wildman–Crippen LogP) is 0.597. The fourth-order valence-electron chi connectivity index (χ4n) is 1.74. The van der Waals surface area contributed by atoms with Crippen LogP contribution in [0.3, 0.4) is 0 Å². The van der Waals surface area contributed by atoms with Crippen LogP contribution in [0.2, 0.25) is 0 Å². The van der Waals surface area contributed by atoms with Crippen LogP contribution >= 0.6 is 0 Å². The predicted molar refractivity (Wildman–Crippen MR) is 48.3 cm³/mol. The standard InChI is InChI=1S/C9H12N2O2/c1-6(12)13-8-3-2-7-4-10-5-11-9(7)8/h4,8,11H,2-3,5H2,1H3. The Bertz CT molecular complexity index is 294. The van der Waals surface area contributed by atoms with Crippen molar-refractivity contribution in [1.29, 1.82) is 0 Å². The molecule has 0 saturated carbocycles. The van der Waals surface area contributed by atoms with Gasteiger partial charge in [-0.3, -0.25) is 9.79 Å². The highest BCUT2D eigenvalue weighted by Crippen LogP contribution is 2.27. The minimum atomic E-state index is -0.219. The van der Waals surface area contributed by atoms with E-state index in [1.807, 2.05) is 6.21 Å². The average Bonchev–Trinajstić information content (AvgIpc) is 2.48. The zero-order chi connectivity index (χ0) is 9.26. The molecule has 1 unspecified atom stereocenters. The number of allylic oxidation sites excluding steroid dienone is 1. The van der Waals surface area contributed by atoms with Gasteiger partial charge in [0.15, 0.2) is 0 Å². The first-order valence-electron chi connectivity index (χ1n) is 4.41. The highest BCUT2D eigenvalue weighted by molar-refractivity contribution is 5.81. The number of nitrogens with zero attached hydrogens (tertiary/aromatic N) is 1. The normalized spacial score (nSPS) is 25.5. The van der Waals surface area contributed by atoms with Crippen LogP contribution in [0.4, 0.5) is 0 Å². The molecule has 4 heteroatoms. The zero-order valence-electron chi connectivity index (χ0n) is 7.54. The number of esters is 1. The molecule has 2 aliphatic rings. The molecular weight excluding hydrogens is 168 g/mol. The van der Waals surface area contributed by atoms with Crippen molar-refractivity contribution < 1.29 is 9.53 Å². The van der Waals surface area contributed by atoms with Crippen LogP contribution < -0.4 is 5.32 Å². The summed E-state index contributed by atoms with van der Waals surface area (Å²) in [7, 11) is 0. The molecule has 2 rings (SSSR count). The van der Waals surface area contributed by atoms with E-state index in [1.54, 1.807) is 0 Å². The molecule has 0 amide bonds. The smallest absolute Gasteiger partial charge is 0.303 e. The molecule has 1 heterocycles. The fraction of sp³-hybridized carbons (Fsp3) is 0.556. The Morgan fingerprint density at radius 1 is 1.77 bits per heavy atom. The third-order valence-corrected chi connectivity index (χ3v) is 2.26. The van der Waals surface area contributed by atoms with Crippen molar-refractivity contribution in [2.75, 3.05) is 6.67 Å². The lowest BCUT2D eigenvalue weighted by Crippen LogP contribution is -2.28. The number of carbonyl (C=O) groups is 1. The van der Waals surface area contributed by atoms with E-state index < -0.39 is 0 Å². The van der Waals surface area contributed by atoms with E-state index >= 15 is 0 Å². The van der Waals surface area contributed by atoms with Crippen molar-refractivity contribution in [2.24, 2.45) is 4.99 Å². The summed E-state index contributed by atoms with van der Waals surface area (Å²) in [5.74, 6) is -0.219. The van der Waals surface area contributed by atoms with Gasteiger partial charge < -0.3 is 10.1 Å². The lowest BCUT2D eigenvalue weighted by molar-refractivity contribution is -0.144. The molecule has 70 valence electrons. The molecule has 0 spiro atoms. The Morgan fingerprint density at radius 2 is 2.62 bits per heavy atom. The molecule has 1 N–H and O–H groups in total. The van der Waals surface area contributed by atoms with Gasteiger partial charge in [0.05, 0.1) is 5.70 Å². The second-order valence-corrected chi connectivity index (χ2v) is 3.22. The summed E-state index contributed by atoms with van der Waals surface area (Å²) in [6, 6.07) is 0. The average molecular weight is 180 g/mol. The van der Waals surface area contributed by atoms with Gasteiger partial charge in [-0.25, -0.2) is 0 Å². The van der Waals surface area contributed by atoms with Crippen molar-refractivity contribution in [3.8, 4) is 0 Å². The van der Waals surface area contributed by atoms with Crippen LogP contribution in [0.15, 0.2) is 16.3 Å². The quantitative estimate of drug-likeness (QED) is 0.601. The largest absolute Gasteiger partial charge is 0.456 e. The molecule has 1 aliphatic carbocycles. The Balaban J connectivity index is 2.12. The van der Waals surface area contributed by atoms with Gasteiger partial charge in [0, 0.05) is 13.1 Å². The maximum absolute atomic E-state index is 10.8. The lowest BCUT2D eigenvalue weighted by atomic mass is 10.2. The van der Waals surface area contributed by atoms with Gasteiger partial charge in [0.1, 0.15) is 12.8 Å². The highest BCUT2D eigenvalue weighted by atomic mass is 16.5. The van der Waals surface area contributed by atoms with Gasteiger partial charge in [-0.05, 0) is 18.4 Å². The van der Waals surface area contributed by atoms with Crippen LogP contribution in [-0.4, -0.2) is 25.0 Å². The maximum atomic E-state index is 10.8. The third-order valence-electron chi connectivity index (χ3n) is 2.26. The summed E-state index contributed by atoms with van der Waals surface area (Å²) in [6.07, 6.45) is 3.63. The van der Waals surface area contributed by atoms with Crippen molar-refractivity contribution >= 4 is 12.2 Å². The molecule has 1 aliphatic heterocycles. The highest BCUT2D eigenvalue weighted by Gasteiger charge is 2.28. The summed E-state index contributed by atoms with van der Waals surface area (Å²) in [4.78, 5) is 14.9. The number of hydrogen-bond donors (Lipinski definition) is 1. The Morgan fingerprint density at radius 3 is 3.38 bits per heavy atom. The Kier molecular flexibility index (Phi) is 2.04. The van der Waals surface area contributed by atoms with Crippen molar-refractivity contribution in [3.05, 3.63) is 11.3 Å². The molecule has 0 bridgehead atoms. The van der Waals surface area contributed by atoms with E-state index in [-0.39, 0.29) is 12.1 Å². The number of carbonyl (C=O) groups excluding carboxylic acids is 1. The molecule has 0 saturated heterocycles. The number of ether oxygens (including phenoxy) is 1. The number of rotatable bonds is 1. The van der Waals surface area contributed by atoms with Crippen molar-refractivity contribution in [1.82, 2.24) is 5.32 Å². The Hall–Kier alpha value is -1.32. The molecule has 0 radical (unpaired) electrons. The third kappa shape index (κ3) is 1.56. The topological polar surface area (TPSA) is 50.7 Å². The molecule has 0 aromatic rings. The van der Waals surface area contributed by atoms with Crippen molar-refractivity contribution in [3.63, 3.8) is 0 Å². The van der Waals surface area contributed by atoms with Crippen LogP contribution in [0.1, 0.15) is 19.8 Å². The SMILES string of the molecule is CC(=O)OC1CCC2=C1NCN=C2. The molecule has 4 nitrogen and oxygen atoms in total. The fourth-order valence-corrected chi connectivity index (χ4v) is 1.74. The van der Waals surface area contributed by atoms with Gasteiger partial charge in [-0.2, -0.15) is 0 Å². The van der Waals surface area contributed by atoms with Gasteiger partial charge in [0.25, 0.3) is 0 Å². The zero-order valence-corrected chi connectivity index (χ0v) is 7.54. The summed E-state index contributed by atoms with van der Waals surface area (Å²) in [5.41, 5.74) is 2.22. The second-order valence-electron chi connectivity index (χ2n) is 3.22. The number of aliphatic imine (C=N–C) groups is 1. The number of hydrogen-bond acceptors (Lipinski definition) is 4. The summed E-state index contributed by atoms with van der Waals surface area (Å²) in [5, 5.41) is 3.14. The summed E-state index contributed by atoms with van der Waals surface area (Å²) in [6.45, 7) is 2.03. The summed E-state index contributed by atoms with van der Waals surface area (Å²) >= 11 is 0. The Labute approximate surface area is 76.7 Å². The van der Waals surface area contributed by atoms with E-state index in [1.165, 1.54) is 12.5 Å². The minimum Gasteiger partial charge on any atom is -0.456 e. The number of nitrogens with one attached hydrogen (secondary N) is 1. The molecule has 13 heavy (non-hydrogen) atoms. The van der Waals surface area contributed by atoms with Gasteiger partial charge in [-0.15, -0.1) is 0 Å². The minimum absolute atomic E-state index is 0.0701. The monoisotopic (exact) mass is 180 g/mol. The molecule has 0 aromatic heterocycles. The van der Waals surface area contributed by atoms with Gasteiger partial charge >= 0.3 is 5.97 Å². The maximum Gasteiger partial charge on any atom is 0.303 e. The summed E-state index contributed by atoms with van der Waals surface area (Å²) < 4.78 is 5.16. The first-order valence-corrected chi connectivity index (χ1v) is 4.41. The first kappa shape index (κ1) is 8.29. The van der Waals surface area contributed by atoms with Gasteiger partial charge in [0.2, 0.25) is 0 Å². The van der Waals surface area contributed by atoms with Crippen LogP contribution in [0.25, 0.3) is 0 Å². The van der Waals surface area contributed by atoms with E-state index in [0.717, 1.165) is 18.5 Å².